The van der Waals surface area contributed by atoms with E-state index in [-0.39, 0.29) is 18.0 Å². The minimum absolute atomic E-state index is 0.0438. The number of rotatable bonds is 10. The van der Waals surface area contributed by atoms with Gasteiger partial charge in [-0.1, -0.05) is 72.8 Å². The third kappa shape index (κ3) is 5.90. The van der Waals surface area contributed by atoms with E-state index >= 15 is 0 Å². The van der Waals surface area contributed by atoms with Crippen LogP contribution in [0.3, 0.4) is 0 Å². The van der Waals surface area contributed by atoms with E-state index in [4.69, 9.17) is 5.73 Å². The van der Waals surface area contributed by atoms with Crippen molar-refractivity contribution in [2.45, 2.75) is 27.7 Å². The zero-order chi connectivity index (χ0) is 29.0. The van der Waals surface area contributed by atoms with Crippen LogP contribution < -0.4 is 11.1 Å². The molecule has 41 heavy (non-hydrogen) atoms. The molecule has 216 valence electrons. The van der Waals surface area contributed by atoms with Crippen LogP contribution in [0, 0.1) is 0 Å². The molecule has 9 nitrogen and oxygen atoms in total. The second-order valence-electron chi connectivity index (χ2n) is 9.79. The Morgan fingerprint density at radius 1 is 0.951 bits per heavy atom. The van der Waals surface area contributed by atoms with Crippen LogP contribution in [0.2, 0.25) is 0 Å². The van der Waals surface area contributed by atoms with Crippen LogP contribution in [-0.2, 0) is 26.0 Å². The zero-order valence-electron chi connectivity index (χ0n) is 22.3. The maximum atomic E-state index is 14.3. The number of carbonyl (C=O) groups excluding carboxylic acids is 2. The van der Waals surface area contributed by atoms with Gasteiger partial charge in [0.05, 0.1) is 17.5 Å². The van der Waals surface area contributed by atoms with Gasteiger partial charge in [0.2, 0.25) is 20.9 Å². The third-order valence-electron chi connectivity index (χ3n) is 7.19. The van der Waals surface area contributed by atoms with Crippen molar-refractivity contribution in [3.8, 4) is 11.1 Å². The molecule has 2 amide bonds. The standard InChI is InChI=1S/C29H32N4O5S3/c30-26(35)27-32(15-17-39-27)29(28(36)31-24(20-34)19-21-7-3-1-4-8-21)33(16-18-40-29)41(37,38)25-13-11-23(12-14-25)22-9-5-2-6-10-22/h1-14,24,27,34H,15-20H2,(H2,30,35)(H,31,36)/t24-,27?,29?/m1/s1. The number of thioether (sulfide) groups is 2. The summed E-state index contributed by atoms with van der Waals surface area (Å²) in [5.74, 6) is -0.395. The lowest BCUT2D eigenvalue weighted by Gasteiger charge is -2.43. The number of nitrogens with one attached hydrogen (secondary N) is 1. The first kappa shape index (κ1) is 29.6. The molecule has 2 aliphatic rings. The molecule has 0 spiro atoms. The molecular formula is C29H32N4O5S3. The molecule has 12 heteroatoms. The van der Waals surface area contributed by atoms with Gasteiger partial charge in [0.15, 0.2) is 0 Å². The maximum Gasteiger partial charge on any atom is 0.267 e. The Bertz CT molecular complexity index is 1480. The minimum atomic E-state index is -4.19. The Morgan fingerprint density at radius 3 is 2.22 bits per heavy atom. The Kier molecular flexibility index (Phi) is 9.07. The maximum absolute atomic E-state index is 14.3. The van der Waals surface area contributed by atoms with Crippen molar-refractivity contribution in [1.29, 1.82) is 0 Å². The van der Waals surface area contributed by atoms with Crippen LogP contribution in [0.1, 0.15) is 5.56 Å². The van der Waals surface area contributed by atoms with Gasteiger partial charge in [-0.05, 0) is 35.2 Å². The molecule has 0 aliphatic carbocycles. The second kappa shape index (κ2) is 12.6. The second-order valence-corrected chi connectivity index (χ2v) is 14.1. The molecule has 3 aromatic rings. The van der Waals surface area contributed by atoms with Crippen LogP contribution in [0.25, 0.3) is 11.1 Å². The van der Waals surface area contributed by atoms with E-state index in [9.17, 15) is 23.1 Å². The summed E-state index contributed by atoms with van der Waals surface area (Å²) in [5, 5.41) is 12.2. The monoisotopic (exact) mass is 612 g/mol. The highest BCUT2D eigenvalue weighted by Crippen LogP contribution is 2.47. The SMILES string of the molecule is NC(=O)C1SCCN1C1(C(=O)N[C@@H](CO)Cc2ccccc2)SCCN1S(=O)(=O)c1ccc(-c2ccccc2)cc1. The summed E-state index contributed by atoms with van der Waals surface area (Å²) in [6.07, 6.45) is 0.353. The van der Waals surface area contributed by atoms with Gasteiger partial charge in [0.1, 0.15) is 5.37 Å². The molecule has 3 atom stereocenters. The fraction of sp³-hybridized carbons (Fsp3) is 0.310. The lowest BCUT2D eigenvalue weighted by atomic mass is 10.1. The summed E-state index contributed by atoms with van der Waals surface area (Å²) in [5.41, 5.74) is 8.46. The number of aliphatic hydroxyl groups is 1. The number of nitrogens with zero attached hydrogens (tertiary/aromatic N) is 2. The molecule has 0 aromatic heterocycles. The molecule has 2 fully saturated rings. The van der Waals surface area contributed by atoms with E-state index in [1.807, 2.05) is 60.7 Å². The lowest BCUT2D eigenvalue weighted by molar-refractivity contribution is -0.136. The van der Waals surface area contributed by atoms with Crippen molar-refractivity contribution in [1.82, 2.24) is 14.5 Å². The van der Waals surface area contributed by atoms with Crippen LogP contribution >= 0.6 is 23.5 Å². The number of nitrogens with two attached hydrogens (primary N) is 1. The number of amides is 2. The number of primary amides is 1. The molecule has 4 N–H and O–H groups in total. The van der Waals surface area contributed by atoms with Crippen molar-refractivity contribution in [2.24, 2.45) is 5.73 Å². The molecule has 0 bridgehead atoms. The van der Waals surface area contributed by atoms with Crippen LogP contribution in [0.5, 0.6) is 0 Å². The van der Waals surface area contributed by atoms with E-state index in [2.05, 4.69) is 5.32 Å². The molecule has 2 aliphatic heterocycles. The normalized spacial score (nSPS) is 22.4. The van der Waals surface area contributed by atoms with Gasteiger partial charge in [-0.25, -0.2) is 13.3 Å². The number of benzene rings is 3. The molecule has 2 heterocycles. The Balaban J connectivity index is 1.51. The molecule has 5 rings (SSSR count). The number of carbonyl (C=O) groups is 2. The average molecular weight is 613 g/mol. The van der Waals surface area contributed by atoms with E-state index in [1.165, 1.54) is 16.1 Å². The number of sulfonamides is 1. The van der Waals surface area contributed by atoms with Gasteiger partial charge in [-0.3, -0.25) is 9.59 Å². The molecule has 2 saturated heterocycles. The van der Waals surface area contributed by atoms with Crippen LogP contribution in [0.15, 0.2) is 89.8 Å². The van der Waals surface area contributed by atoms with Crippen molar-refractivity contribution in [3.63, 3.8) is 0 Å². The number of hydrogen-bond acceptors (Lipinski definition) is 8. The highest BCUT2D eigenvalue weighted by atomic mass is 32.2. The summed E-state index contributed by atoms with van der Waals surface area (Å²) in [6, 6.07) is 24.9. The van der Waals surface area contributed by atoms with Crippen molar-refractivity contribution in [2.75, 3.05) is 31.2 Å². The number of hydrogen-bond donors (Lipinski definition) is 3. The number of aliphatic hydroxyl groups excluding tert-OH is 1. The van der Waals surface area contributed by atoms with Crippen molar-refractivity contribution >= 4 is 45.4 Å². The highest BCUT2D eigenvalue weighted by Gasteiger charge is 2.61. The van der Waals surface area contributed by atoms with Gasteiger partial charge in [-0.15, -0.1) is 23.5 Å². The highest BCUT2D eigenvalue weighted by molar-refractivity contribution is 8.03. The van der Waals surface area contributed by atoms with Gasteiger partial charge < -0.3 is 16.2 Å². The third-order valence-corrected chi connectivity index (χ3v) is 11.8. The summed E-state index contributed by atoms with van der Waals surface area (Å²) in [7, 11) is -4.19. The summed E-state index contributed by atoms with van der Waals surface area (Å²) in [4.78, 5) is 26.6. The fourth-order valence-corrected chi connectivity index (χ4v) is 9.93. The Morgan fingerprint density at radius 2 is 1.59 bits per heavy atom. The van der Waals surface area contributed by atoms with Crippen LogP contribution in [0.4, 0.5) is 0 Å². The minimum Gasteiger partial charge on any atom is -0.394 e. The van der Waals surface area contributed by atoms with Crippen molar-refractivity contribution < 1.29 is 23.1 Å². The first-order chi connectivity index (χ1) is 19.8. The molecule has 3 aromatic carbocycles. The largest absolute Gasteiger partial charge is 0.394 e. The van der Waals surface area contributed by atoms with Crippen molar-refractivity contribution in [3.05, 3.63) is 90.5 Å². The quantitative estimate of drug-likeness (QED) is 0.318. The smallest absolute Gasteiger partial charge is 0.267 e. The van der Waals surface area contributed by atoms with Gasteiger partial charge in [0.25, 0.3) is 5.91 Å². The summed E-state index contributed by atoms with van der Waals surface area (Å²) < 4.78 is 29.6. The lowest BCUT2D eigenvalue weighted by Crippen LogP contribution is -2.68. The van der Waals surface area contributed by atoms with E-state index in [0.717, 1.165) is 28.5 Å². The van der Waals surface area contributed by atoms with Gasteiger partial charge in [0, 0.05) is 24.6 Å². The van der Waals surface area contributed by atoms with Gasteiger partial charge in [-0.2, -0.15) is 4.31 Å². The van der Waals surface area contributed by atoms with Crippen LogP contribution in [-0.4, -0.2) is 82.2 Å². The predicted molar refractivity (Wildman–Crippen MR) is 162 cm³/mol. The molecule has 2 unspecified atom stereocenters. The topological polar surface area (TPSA) is 133 Å². The summed E-state index contributed by atoms with van der Waals surface area (Å²) in [6.45, 7) is 0.0131. The predicted octanol–water partition coefficient (Wildman–Crippen LogP) is 2.32. The van der Waals surface area contributed by atoms with Gasteiger partial charge >= 0.3 is 0 Å². The average Bonchev–Trinajstić information content (AvgIpc) is 3.67. The fourth-order valence-electron chi connectivity index (χ4n) is 5.25. The summed E-state index contributed by atoms with van der Waals surface area (Å²) >= 11 is 2.45. The Hall–Kier alpha value is -2.87. The zero-order valence-corrected chi connectivity index (χ0v) is 24.7. The molecule has 0 saturated carbocycles. The molecule has 0 radical (unpaired) electrons. The first-order valence-corrected chi connectivity index (χ1v) is 16.7. The first-order valence-electron chi connectivity index (χ1n) is 13.2. The molecular weight excluding hydrogens is 581 g/mol. The van der Waals surface area contributed by atoms with E-state index in [1.54, 1.807) is 29.2 Å². The Labute approximate surface area is 248 Å². The van der Waals surface area contributed by atoms with E-state index in [0.29, 0.717) is 24.5 Å². The van der Waals surface area contributed by atoms with E-state index < -0.39 is 38.2 Å².